The summed E-state index contributed by atoms with van der Waals surface area (Å²) < 4.78 is 28.1. The number of nitrogens with two attached hydrogens (primary N) is 1. The lowest BCUT2D eigenvalue weighted by Crippen LogP contribution is -2.18. The van der Waals surface area contributed by atoms with Crippen LogP contribution in [-0.4, -0.2) is 48.6 Å². The first-order chi connectivity index (χ1) is 13.9. The summed E-state index contributed by atoms with van der Waals surface area (Å²) >= 11 is 6.40. The molecule has 14 heteroatoms. The zero-order valence-corrected chi connectivity index (χ0v) is 16.8. The molecule has 0 saturated carbocycles. The van der Waals surface area contributed by atoms with Crippen LogP contribution in [0.2, 0.25) is 0 Å². The average Bonchev–Trinajstić information content (AvgIpc) is 3.13. The number of aliphatic imine (C=N–C) groups is 1. The molecular formula is C15H16ClFN6O5S. The molecule has 0 spiro atoms. The number of carbonyl (C=O) groups is 1. The maximum Gasteiger partial charge on any atom is 0.381 e. The fourth-order valence-electron chi connectivity index (χ4n) is 1.88. The maximum absolute atomic E-state index is 13.2. The van der Waals surface area contributed by atoms with Crippen LogP contribution in [0.4, 0.5) is 20.3 Å². The van der Waals surface area contributed by atoms with Crippen molar-refractivity contribution in [1.29, 1.82) is 0 Å². The van der Waals surface area contributed by atoms with E-state index in [-0.39, 0.29) is 27.5 Å². The van der Waals surface area contributed by atoms with Crippen molar-refractivity contribution in [3.63, 3.8) is 0 Å². The lowest BCUT2D eigenvalue weighted by Gasteiger charge is -2.10. The highest BCUT2D eigenvalue weighted by atomic mass is 35.5. The van der Waals surface area contributed by atoms with Crippen LogP contribution in [0.25, 0.3) is 0 Å². The molecule has 0 aliphatic heterocycles. The molecule has 0 aromatic carbocycles. The third-order valence-electron chi connectivity index (χ3n) is 3.13. The molecule has 1 amide bonds. The van der Waals surface area contributed by atoms with Gasteiger partial charge in [0.2, 0.25) is 16.0 Å². The van der Waals surface area contributed by atoms with Crippen molar-refractivity contribution in [2.45, 2.75) is 0 Å². The molecule has 0 fully saturated rings. The normalized spacial score (nSPS) is 12.0. The first-order valence-corrected chi connectivity index (χ1v) is 9.00. The molecule has 0 aliphatic carbocycles. The maximum atomic E-state index is 13.2. The quantitative estimate of drug-likeness (QED) is 0.386. The molecule has 2 heterocycles. The Morgan fingerprint density at radius 3 is 2.90 bits per heavy atom. The van der Waals surface area contributed by atoms with Crippen molar-refractivity contribution in [3.8, 4) is 5.75 Å². The minimum atomic E-state index is -0.944. The highest BCUT2D eigenvalue weighted by Crippen LogP contribution is 2.26. The van der Waals surface area contributed by atoms with Gasteiger partial charge in [-0.3, -0.25) is 10.1 Å². The predicted octanol–water partition coefficient (Wildman–Crippen LogP) is 1.85. The molecule has 0 radical (unpaired) electrons. The molecule has 11 nitrogen and oxygen atoms in total. The minimum absolute atomic E-state index is 0.0164. The summed E-state index contributed by atoms with van der Waals surface area (Å²) in [5.74, 6) is -2.10. The van der Waals surface area contributed by atoms with E-state index in [9.17, 15) is 14.0 Å². The smallest absolute Gasteiger partial charge is 0.381 e. The van der Waals surface area contributed by atoms with E-state index < -0.39 is 22.5 Å². The number of hydrogen-bond donors (Lipinski definition) is 3. The van der Waals surface area contributed by atoms with E-state index in [0.29, 0.717) is 19.4 Å². The van der Waals surface area contributed by atoms with Gasteiger partial charge in [0, 0.05) is 25.9 Å². The van der Waals surface area contributed by atoms with Gasteiger partial charge in [-0.2, -0.15) is 0 Å². The number of methoxy groups -OCH3 is 2. The molecule has 0 saturated heterocycles. The number of amides is 1. The van der Waals surface area contributed by atoms with Gasteiger partial charge < -0.3 is 24.9 Å². The lowest BCUT2D eigenvalue weighted by molar-refractivity contribution is 0.0991. The highest BCUT2D eigenvalue weighted by Gasteiger charge is 2.18. The number of anilines is 2. The number of carbonyl (C=O) groups excluding carboxylic acids is 1. The van der Waals surface area contributed by atoms with Gasteiger partial charge in [0.1, 0.15) is 0 Å². The summed E-state index contributed by atoms with van der Waals surface area (Å²) in [5.41, 5.74) is 4.40. The zero-order chi connectivity index (χ0) is 21.4. The Balaban J connectivity index is 2.20. The first kappa shape index (κ1) is 22.3. The third kappa shape index (κ3) is 5.97. The van der Waals surface area contributed by atoms with Crippen LogP contribution in [0.5, 0.6) is 5.75 Å². The second-order valence-electron chi connectivity index (χ2n) is 5.03. The number of allylic oxidation sites excluding steroid dienone is 1. The van der Waals surface area contributed by atoms with Gasteiger partial charge >= 0.3 is 5.63 Å². The van der Waals surface area contributed by atoms with Crippen molar-refractivity contribution in [1.82, 2.24) is 10.2 Å². The van der Waals surface area contributed by atoms with Crippen LogP contribution >= 0.6 is 22.9 Å². The Morgan fingerprint density at radius 2 is 2.24 bits per heavy atom. The van der Waals surface area contributed by atoms with Crippen LogP contribution in [0.1, 0.15) is 10.6 Å². The number of aromatic nitrogens is 2. The summed E-state index contributed by atoms with van der Waals surface area (Å²) in [5, 5.41) is 12.1. The summed E-state index contributed by atoms with van der Waals surface area (Å²) in [6.07, 6.45) is 0.638. The standard InChI is InChI=1S/C15H16ClFN6O5S/c1-26-4-3-19-8-5-9(28-13(25)10(8)27-2)12(24)21-15-23-22-14(29-15)20-11(16)7(17)6-18/h5-6,19H,3-4,18H2,1-2H3,(H,21,23,24). The van der Waals surface area contributed by atoms with Crippen molar-refractivity contribution in [2.75, 3.05) is 38.0 Å². The van der Waals surface area contributed by atoms with E-state index in [1.54, 1.807) is 0 Å². The van der Waals surface area contributed by atoms with Crippen LogP contribution in [0, 0.1) is 0 Å². The SMILES string of the molecule is COCCNc1cc(C(=O)Nc2nnc(N=C(Cl)C(F)=CN)s2)oc(=O)c1OC. The van der Waals surface area contributed by atoms with Gasteiger partial charge in [0.25, 0.3) is 5.91 Å². The number of rotatable bonds is 9. The molecule has 4 N–H and O–H groups in total. The molecule has 29 heavy (non-hydrogen) atoms. The Kier molecular flexibility index (Phi) is 8.06. The molecule has 2 aromatic heterocycles. The molecular weight excluding hydrogens is 431 g/mol. The fraction of sp³-hybridized carbons (Fsp3) is 0.267. The average molecular weight is 447 g/mol. The lowest BCUT2D eigenvalue weighted by atomic mass is 10.3. The molecule has 0 bridgehead atoms. The summed E-state index contributed by atoms with van der Waals surface area (Å²) in [4.78, 5) is 28.1. The van der Waals surface area contributed by atoms with E-state index in [1.165, 1.54) is 20.3 Å². The summed E-state index contributed by atoms with van der Waals surface area (Å²) in [6, 6.07) is 1.30. The van der Waals surface area contributed by atoms with Gasteiger partial charge in [-0.15, -0.1) is 10.2 Å². The van der Waals surface area contributed by atoms with Gasteiger partial charge in [-0.25, -0.2) is 14.2 Å². The number of ether oxygens (including phenoxy) is 2. The summed E-state index contributed by atoms with van der Waals surface area (Å²) in [7, 11) is 2.82. The zero-order valence-electron chi connectivity index (χ0n) is 15.2. The van der Waals surface area contributed by atoms with Crippen LogP contribution in [-0.2, 0) is 4.74 Å². The Bertz CT molecular complexity index is 992. The van der Waals surface area contributed by atoms with Crippen LogP contribution < -0.4 is 26.7 Å². The monoisotopic (exact) mass is 446 g/mol. The Hall–Kier alpha value is -3.03. The van der Waals surface area contributed by atoms with Gasteiger partial charge in [0.05, 0.1) is 19.4 Å². The topological polar surface area (TPSA) is 154 Å². The molecule has 2 aromatic rings. The number of hydrogen-bond acceptors (Lipinski definition) is 11. The van der Waals surface area contributed by atoms with Crippen LogP contribution in [0.15, 0.2) is 32.3 Å². The molecule has 156 valence electrons. The Labute approximate surface area is 172 Å². The Morgan fingerprint density at radius 1 is 1.48 bits per heavy atom. The number of nitrogens with one attached hydrogen (secondary N) is 2. The second-order valence-corrected chi connectivity index (χ2v) is 6.34. The van der Waals surface area contributed by atoms with Crippen molar-refractivity contribution >= 4 is 50.0 Å². The molecule has 0 aliphatic rings. The molecule has 0 atom stereocenters. The predicted molar refractivity (Wildman–Crippen MR) is 106 cm³/mol. The van der Waals surface area contributed by atoms with E-state index in [2.05, 4.69) is 25.8 Å². The van der Waals surface area contributed by atoms with Gasteiger partial charge in [-0.1, -0.05) is 22.9 Å². The minimum Gasteiger partial charge on any atom is -0.488 e. The van der Waals surface area contributed by atoms with Gasteiger partial charge in [0.15, 0.2) is 16.8 Å². The first-order valence-electron chi connectivity index (χ1n) is 7.81. The van der Waals surface area contributed by atoms with Crippen LogP contribution in [0.3, 0.4) is 0 Å². The third-order valence-corrected chi connectivity index (χ3v) is 4.13. The van der Waals surface area contributed by atoms with E-state index >= 15 is 0 Å². The molecule has 0 unspecified atom stereocenters. The van der Waals surface area contributed by atoms with E-state index in [1.807, 2.05) is 0 Å². The largest absolute Gasteiger partial charge is 0.488 e. The fourth-order valence-corrected chi connectivity index (χ4v) is 2.69. The number of nitrogens with zero attached hydrogens (tertiary/aromatic N) is 3. The van der Waals surface area contributed by atoms with E-state index in [0.717, 1.165) is 11.3 Å². The highest BCUT2D eigenvalue weighted by molar-refractivity contribution is 7.19. The molecule has 2 rings (SSSR count). The van der Waals surface area contributed by atoms with Crippen molar-refractivity contribution in [2.24, 2.45) is 10.7 Å². The van der Waals surface area contributed by atoms with Gasteiger partial charge in [-0.05, 0) is 0 Å². The van der Waals surface area contributed by atoms with Crippen molar-refractivity contribution < 1.29 is 23.1 Å². The van der Waals surface area contributed by atoms with E-state index in [4.69, 9.17) is 31.2 Å². The van der Waals surface area contributed by atoms with Crippen molar-refractivity contribution in [3.05, 3.63) is 34.3 Å². The second kappa shape index (κ2) is 10.5. The number of halogens is 2. The summed E-state index contributed by atoms with van der Waals surface area (Å²) in [6.45, 7) is 0.727.